The highest BCUT2D eigenvalue weighted by Crippen LogP contribution is 2.52. The highest BCUT2D eigenvalue weighted by Gasteiger charge is 2.84. The van der Waals surface area contributed by atoms with Crippen molar-refractivity contribution in [3.05, 3.63) is 0 Å². The van der Waals surface area contributed by atoms with Gasteiger partial charge in [-0.2, -0.15) is 26.3 Å². The lowest BCUT2D eigenvalue weighted by molar-refractivity contribution is -0.292. The van der Waals surface area contributed by atoms with Gasteiger partial charge in [-0.25, -0.2) is 12.3 Å². The van der Waals surface area contributed by atoms with Crippen molar-refractivity contribution in [2.45, 2.75) is 37.2 Å². The molecule has 0 nitrogen and oxygen atoms in total. The second-order valence-corrected chi connectivity index (χ2v) is 4.72. The van der Waals surface area contributed by atoms with E-state index in [0.717, 1.165) is 6.92 Å². The molecule has 16 heavy (non-hydrogen) atoms. The van der Waals surface area contributed by atoms with Crippen molar-refractivity contribution in [1.82, 2.24) is 0 Å². The number of hydrogen-bond donors (Lipinski definition) is 0. The average molecular weight is 278 g/mol. The maximum absolute atomic E-state index is 12.5. The molecule has 0 aromatic rings. The van der Waals surface area contributed by atoms with E-state index in [1.165, 1.54) is 0 Å². The second kappa shape index (κ2) is 4.11. The Morgan fingerprint density at radius 3 is 1.50 bits per heavy atom. The van der Waals surface area contributed by atoms with E-state index in [-0.39, 0.29) is 0 Å². The molecule has 0 aromatic carbocycles. The van der Waals surface area contributed by atoms with Gasteiger partial charge in [-0.15, -0.1) is 0 Å². The molecule has 98 valence electrons. The second-order valence-electron chi connectivity index (χ2n) is 3.10. The summed E-state index contributed by atoms with van der Waals surface area (Å²) in [4.78, 5) is 0. The maximum Gasteiger partial charge on any atom is 0.697 e. The molecule has 0 N–H and O–H groups in total. The van der Waals surface area contributed by atoms with Crippen LogP contribution < -0.4 is 0 Å². The molecule has 0 saturated carbocycles. The minimum Gasteiger partial charge on any atom is -0.234 e. The fourth-order valence-electron chi connectivity index (χ4n) is 0.879. The zero-order valence-electron chi connectivity index (χ0n) is 7.82. The monoisotopic (exact) mass is 278 g/mol. The molecule has 0 rings (SSSR count). The van der Waals surface area contributed by atoms with Crippen LogP contribution in [0.3, 0.4) is 0 Å². The molecule has 0 fully saturated rings. The molecule has 0 heterocycles. The molecule has 0 bridgehead atoms. The van der Waals surface area contributed by atoms with E-state index in [1.807, 2.05) is 0 Å². The molecule has 0 unspecified atom stereocenters. The molecular weight excluding hydrogens is 271 g/mol. The molecule has 0 amide bonds. The van der Waals surface area contributed by atoms with Crippen LogP contribution in [0.15, 0.2) is 0 Å². The van der Waals surface area contributed by atoms with Gasteiger partial charge in [0.2, 0.25) is 0 Å². The zero-order valence-corrected chi connectivity index (χ0v) is 8.82. The van der Waals surface area contributed by atoms with Gasteiger partial charge in [0.05, 0.1) is 0 Å². The number of halogens is 9. The predicted octanol–water partition coefficient (Wildman–Crippen LogP) is 4.08. The van der Waals surface area contributed by atoms with Gasteiger partial charge in [0.25, 0.3) is 0 Å². The molecule has 0 saturated heterocycles. The fraction of sp³-hybridized carbons (Fsp3) is 1.00. The highest BCUT2D eigenvalue weighted by molar-refractivity contribution is 6.61. The SMILES string of the molecule is CCCC(F)(F)C(F)(F)C(F)(F)[Si](F)(F)F. The summed E-state index contributed by atoms with van der Waals surface area (Å²) < 4.78 is 109. The quantitative estimate of drug-likeness (QED) is 0.404. The Kier molecular flexibility index (Phi) is 4.01. The van der Waals surface area contributed by atoms with Gasteiger partial charge in [0, 0.05) is 6.42 Å². The van der Waals surface area contributed by atoms with Gasteiger partial charge >= 0.3 is 26.5 Å². The lowest BCUT2D eigenvalue weighted by Gasteiger charge is -2.32. The molecule has 10 heteroatoms. The molecule has 0 radical (unpaired) electrons. The largest absolute Gasteiger partial charge is 0.697 e. The van der Waals surface area contributed by atoms with Crippen LogP contribution in [0.1, 0.15) is 19.8 Å². The van der Waals surface area contributed by atoms with Gasteiger partial charge in [0.15, 0.2) is 0 Å². The van der Waals surface area contributed by atoms with E-state index < -0.39 is 39.3 Å². The number of alkyl halides is 6. The Balaban J connectivity index is 5.34. The fourth-order valence-corrected chi connectivity index (χ4v) is 1.42. The van der Waals surface area contributed by atoms with E-state index in [1.54, 1.807) is 0 Å². The Bertz CT molecular complexity index is 243. The topological polar surface area (TPSA) is 0 Å². The molecule has 0 spiro atoms. The van der Waals surface area contributed by atoms with Crippen molar-refractivity contribution in [3.63, 3.8) is 0 Å². The molecular formula is C6H7F9Si. The van der Waals surface area contributed by atoms with Crippen LogP contribution in [0.5, 0.6) is 0 Å². The lowest BCUT2D eigenvalue weighted by Crippen LogP contribution is -2.63. The van der Waals surface area contributed by atoms with E-state index in [4.69, 9.17) is 0 Å². The van der Waals surface area contributed by atoms with Gasteiger partial charge in [-0.05, 0) is 0 Å². The van der Waals surface area contributed by atoms with Crippen molar-refractivity contribution >= 4 is 9.08 Å². The summed E-state index contributed by atoms with van der Waals surface area (Å²) in [7, 11) is -8.22. The maximum atomic E-state index is 12.5. The van der Waals surface area contributed by atoms with Crippen molar-refractivity contribution < 1.29 is 38.7 Å². The van der Waals surface area contributed by atoms with E-state index in [9.17, 15) is 38.7 Å². The van der Waals surface area contributed by atoms with Gasteiger partial charge in [-0.1, -0.05) is 13.3 Å². The number of hydrogen-bond acceptors (Lipinski definition) is 0. The lowest BCUT2D eigenvalue weighted by atomic mass is 10.1. The van der Waals surface area contributed by atoms with E-state index in [0.29, 0.717) is 0 Å². The van der Waals surface area contributed by atoms with Crippen LogP contribution in [-0.4, -0.2) is 26.5 Å². The molecule has 0 aliphatic carbocycles. The summed E-state index contributed by atoms with van der Waals surface area (Å²) >= 11 is 0. The minimum atomic E-state index is -8.22. The highest BCUT2D eigenvalue weighted by atomic mass is 28.5. The first kappa shape index (κ1) is 15.6. The number of rotatable bonds is 5. The summed E-state index contributed by atoms with van der Waals surface area (Å²) in [5.41, 5.74) is -6.63. The first-order valence-corrected chi connectivity index (χ1v) is 5.65. The van der Waals surface area contributed by atoms with Crippen molar-refractivity contribution in [2.75, 3.05) is 0 Å². The van der Waals surface area contributed by atoms with Gasteiger partial charge in [-0.3, -0.25) is 0 Å². The third-order valence-electron chi connectivity index (χ3n) is 1.77. The van der Waals surface area contributed by atoms with Crippen LogP contribution in [0.2, 0.25) is 0 Å². The predicted molar refractivity (Wildman–Crippen MR) is 38.8 cm³/mol. The third-order valence-corrected chi connectivity index (χ3v) is 2.80. The molecule has 0 aliphatic rings. The smallest absolute Gasteiger partial charge is 0.234 e. The Morgan fingerprint density at radius 1 is 0.875 bits per heavy atom. The summed E-state index contributed by atoms with van der Waals surface area (Å²) in [6, 6.07) is 0. The van der Waals surface area contributed by atoms with Crippen LogP contribution in [-0.2, 0) is 0 Å². The van der Waals surface area contributed by atoms with Gasteiger partial charge < -0.3 is 0 Å². The average Bonchev–Trinajstić information content (AvgIpc) is 2.01. The normalized spacial score (nSPS) is 15.4. The van der Waals surface area contributed by atoms with Crippen molar-refractivity contribution in [1.29, 1.82) is 0 Å². The Morgan fingerprint density at radius 2 is 1.25 bits per heavy atom. The van der Waals surface area contributed by atoms with Crippen LogP contribution in [0.4, 0.5) is 38.7 Å². The van der Waals surface area contributed by atoms with Crippen molar-refractivity contribution in [3.8, 4) is 0 Å². The van der Waals surface area contributed by atoms with Gasteiger partial charge in [0.1, 0.15) is 0 Å². The first-order chi connectivity index (χ1) is 6.81. The van der Waals surface area contributed by atoms with E-state index in [2.05, 4.69) is 0 Å². The Labute approximate surface area is 86.0 Å². The molecule has 0 aromatic heterocycles. The molecule has 0 aliphatic heterocycles. The standard InChI is InChI=1S/C6H7F9Si/c1-2-3-4(7,8)5(9,10)6(11,12)16(13,14)15/h2-3H2,1H3. The van der Waals surface area contributed by atoms with E-state index >= 15 is 0 Å². The summed E-state index contributed by atoms with van der Waals surface area (Å²) in [6.45, 7) is 0.965. The Hall–Kier alpha value is -0.413. The third kappa shape index (κ3) is 2.30. The van der Waals surface area contributed by atoms with Crippen LogP contribution >= 0.6 is 0 Å². The minimum absolute atomic E-state index is 0.641. The summed E-state index contributed by atoms with van der Waals surface area (Å²) in [6.07, 6.45) is -2.38. The van der Waals surface area contributed by atoms with Crippen LogP contribution in [0, 0.1) is 0 Å². The first-order valence-electron chi connectivity index (χ1n) is 4.01. The van der Waals surface area contributed by atoms with Crippen LogP contribution in [0.25, 0.3) is 0 Å². The summed E-state index contributed by atoms with van der Waals surface area (Å²) in [5, 5.41) is 0. The molecule has 0 atom stereocenters. The summed E-state index contributed by atoms with van der Waals surface area (Å²) in [5.74, 6) is -11.8. The zero-order chi connectivity index (χ0) is 13.4. The van der Waals surface area contributed by atoms with Crippen molar-refractivity contribution in [2.24, 2.45) is 0 Å².